The summed E-state index contributed by atoms with van der Waals surface area (Å²) in [6, 6.07) is 2.34. The second kappa shape index (κ2) is 6.25. The van der Waals surface area contributed by atoms with Crippen molar-refractivity contribution in [2.45, 2.75) is 31.6 Å². The lowest BCUT2D eigenvalue weighted by Crippen LogP contribution is -2.06. The highest BCUT2D eigenvalue weighted by molar-refractivity contribution is 8.13. The van der Waals surface area contributed by atoms with Crippen molar-refractivity contribution in [1.82, 2.24) is 0 Å². The smallest absolute Gasteiger partial charge is 0.335 e. The molecule has 0 aliphatic heterocycles. The number of ether oxygens (including phenoxy) is 1. The standard InChI is InChI=1S/C12H15ClO5S/c1-3-4-5-18-10-6-9(12(14)15)7-11(8(10)2)19(13,16)17/h6-7H,3-5H2,1-2H3,(H,14,15). The van der Waals surface area contributed by atoms with Crippen LogP contribution in [0.15, 0.2) is 17.0 Å². The van der Waals surface area contributed by atoms with E-state index in [0.717, 1.165) is 18.9 Å². The van der Waals surface area contributed by atoms with E-state index in [1.54, 1.807) is 0 Å². The first-order valence-corrected chi connectivity index (χ1v) is 8.03. The number of benzene rings is 1. The molecule has 1 N–H and O–H groups in total. The Morgan fingerprint density at radius 3 is 2.53 bits per heavy atom. The van der Waals surface area contributed by atoms with Gasteiger partial charge in [0.1, 0.15) is 5.75 Å². The molecular weight excluding hydrogens is 292 g/mol. The number of hydrogen-bond donors (Lipinski definition) is 1. The van der Waals surface area contributed by atoms with Crippen LogP contribution < -0.4 is 4.74 Å². The zero-order valence-electron chi connectivity index (χ0n) is 10.6. The summed E-state index contributed by atoms with van der Waals surface area (Å²) in [7, 11) is 1.28. The average molecular weight is 307 g/mol. The molecule has 106 valence electrons. The van der Waals surface area contributed by atoms with Crippen LogP contribution in [-0.2, 0) is 9.05 Å². The average Bonchev–Trinajstić information content (AvgIpc) is 2.29. The van der Waals surface area contributed by atoms with Gasteiger partial charge in [0.05, 0.1) is 17.1 Å². The Kier molecular flexibility index (Phi) is 5.20. The molecule has 0 atom stereocenters. The summed E-state index contributed by atoms with van der Waals surface area (Å²) in [4.78, 5) is 10.7. The van der Waals surface area contributed by atoms with E-state index >= 15 is 0 Å². The van der Waals surface area contributed by atoms with Crippen molar-refractivity contribution in [2.75, 3.05) is 6.61 Å². The third-order valence-corrected chi connectivity index (χ3v) is 4.03. The van der Waals surface area contributed by atoms with Crippen LogP contribution >= 0.6 is 10.7 Å². The molecular formula is C12H15ClO5S. The third kappa shape index (κ3) is 4.11. The highest BCUT2D eigenvalue weighted by atomic mass is 35.7. The van der Waals surface area contributed by atoms with Gasteiger partial charge in [-0.2, -0.15) is 0 Å². The van der Waals surface area contributed by atoms with Crippen LogP contribution in [0.5, 0.6) is 5.75 Å². The van der Waals surface area contributed by atoms with Gasteiger partial charge in [0, 0.05) is 16.2 Å². The molecule has 0 radical (unpaired) electrons. The summed E-state index contributed by atoms with van der Waals surface area (Å²) in [5.41, 5.74) is 0.146. The summed E-state index contributed by atoms with van der Waals surface area (Å²) in [6.45, 7) is 3.91. The normalized spacial score (nSPS) is 11.3. The quantitative estimate of drug-likeness (QED) is 0.645. The van der Waals surface area contributed by atoms with Crippen molar-refractivity contribution >= 4 is 25.7 Å². The van der Waals surface area contributed by atoms with Crippen LogP contribution in [-0.4, -0.2) is 26.1 Å². The van der Waals surface area contributed by atoms with E-state index in [1.165, 1.54) is 13.0 Å². The zero-order chi connectivity index (χ0) is 14.6. The number of halogens is 1. The molecule has 0 bridgehead atoms. The van der Waals surface area contributed by atoms with Crippen molar-refractivity contribution in [3.63, 3.8) is 0 Å². The molecule has 1 aromatic rings. The molecule has 5 nitrogen and oxygen atoms in total. The molecule has 0 aliphatic carbocycles. The van der Waals surface area contributed by atoms with Crippen molar-refractivity contribution in [3.8, 4) is 5.75 Å². The molecule has 0 heterocycles. The Labute approximate surface area is 116 Å². The Morgan fingerprint density at radius 1 is 1.42 bits per heavy atom. The summed E-state index contributed by atoms with van der Waals surface area (Å²) in [6.07, 6.45) is 1.71. The number of carboxylic acids is 1. The maximum atomic E-state index is 11.4. The van der Waals surface area contributed by atoms with E-state index in [0.29, 0.717) is 12.2 Å². The van der Waals surface area contributed by atoms with E-state index in [2.05, 4.69) is 0 Å². The van der Waals surface area contributed by atoms with E-state index in [4.69, 9.17) is 20.5 Å². The molecule has 0 aromatic heterocycles. The molecule has 19 heavy (non-hydrogen) atoms. The molecule has 0 fully saturated rings. The third-order valence-electron chi connectivity index (χ3n) is 2.58. The number of hydrogen-bond acceptors (Lipinski definition) is 4. The van der Waals surface area contributed by atoms with Gasteiger partial charge >= 0.3 is 5.97 Å². The SMILES string of the molecule is CCCCOc1cc(C(=O)O)cc(S(=O)(=O)Cl)c1C. The van der Waals surface area contributed by atoms with Crippen LogP contribution in [0.4, 0.5) is 0 Å². The first-order chi connectivity index (χ1) is 8.77. The Bertz CT molecular complexity index is 580. The number of aromatic carboxylic acids is 1. The van der Waals surface area contributed by atoms with E-state index in [9.17, 15) is 13.2 Å². The van der Waals surface area contributed by atoms with Gasteiger partial charge < -0.3 is 9.84 Å². The van der Waals surface area contributed by atoms with Gasteiger partial charge in [-0.25, -0.2) is 13.2 Å². The maximum absolute atomic E-state index is 11.4. The number of rotatable bonds is 6. The molecule has 0 saturated carbocycles. The minimum absolute atomic E-state index is 0.170. The highest BCUT2D eigenvalue weighted by Crippen LogP contribution is 2.29. The molecule has 0 aliphatic rings. The van der Waals surface area contributed by atoms with E-state index < -0.39 is 15.0 Å². The van der Waals surface area contributed by atoms with Gasteiger partial charge in [-0.15, -0.1) is 0 Å². The summed E-state index contributed by atoms with van der Waals surface area (Å²) >= 11 is 0. The molecule has 7 heteroatoms. The van der Waals surface area contributed by atoms with E-state index in [1.807, 2.05) is 6.92 Å². The first-order valence-electron chi connectivity index (χ1n) is 5.72. The van der Waals surface area contributed by atoms with Crippen molar-refractivity contribution in [3.05, 3.63) is 23.3 Å². The Balaban J connectivity index is 3.29. The Morgan fingerprint density at radius 2 is 2.05 bits per heavy atom. The monoisotopic (exact) mass is 306 g/mol. The van der Waals surface area contributed by atoms with Crippen molar-refractivity contribution in [2.24, 2.45) is 0 Å². The van der Waals surface area contributed by atoms with Gasteiger partial charge in [0.25, 0.3) is 9.05 Å². The van der Waals surface area contributed by atoms with Crippen molar-refractivity contribution in [1.29, 1.82) is 0 Å². The van der Waals surface area contributed by atoms with Crippen molar-refractivity contribution < 1.29 is 23.1 Å². The molecule has 1 rings (SSSR count). The van der Waals surface area contributed by atoms with Crippen LogP contribution in [0.25, 0.3) is 0 Å². The molecule has 0 saturated heterocycles. The largest absolute Gasteiger partial charge is 0.493 e. The number of carbonyl (C=O) groups is 1. The first kappa shape index (κ1) is 15.8. The predicted octanol–water partition coefficient (Wildman–Crippen LogP) is 2.80. The molecule has 0 unspecified atom stereocenters. The molecule has 1 aromatic carbocycles. The fourth-order valence-corrected chi connectivity index (χ4v) is 2.73. The van der Waals surface area contributed by atoms with Crippen LogP contribution in [0.2, 0.25) is 0 Å². The lowest BCUT2D eigenvalue weighted by Gasteiger charge is -2.12. The summed E-state index contributed by atoms with van der Waals surface area (Å²) in [5, 5.41) is 8.97. The maximum Gasteiger partial charge on any atom is 0.335 e. The molecule has 0 amide bonds. The zero-order valence-corrected chi connectivity index (χ0v) is 12.2. The number of unbranched alkanes of at least 4 members (excludes halogenated alkanes) is 1. The topological polar surface area (TPSA) is 80.7 Å². The second-order valence-electron chi connectivity index (χ2n) is 4.04. The minimum Gasteiger partial charge on any atom is -0.493 e. The predicted molar refractivity (Wildman–Crippen MR) is 71.6 cm³/mol. The van der Waals surface area contributed by atoms with Crippen LogP contribution in [0.3, 0.4) is 0 Å². The lowest BCUT2D eigenvalue weighted by molar-refractivity contribution is 0.0696. The van der Waals surface area contributed by atoms with Crippen LogP contribution in [0.1, 0.15) is 35.7 Å². The summed E-state index contributed by atoms with van der Waals surface area (Å²) in [5.74, 6) is -1.01. The van der Waals surface area contributed by atoms with Gasteiger partial charge in [0.2, 0.25) is 0 Å². The van der Waals surface area contributed by atoms with Gasteiger partial charge in [-0.1, -0.05) is 13.3 Å². The van der Waals surface area contributed by atoms with E-state index in [-0.39, 0.29) is 16.2 Å². The van der Waals surface area contributed by atoms with Gasteiger partial charge in [0.15, 0.2) is 0 Å². The minimum atomic E-state index is -4.01. The highest BCUT2D eigenvalue weighted by Gasteiger charge is 2.20. The summed E-state index contributed by atoms with van der Waals surface area (Å²) < 4.78 is 28.3. The lowest BCUT2D eigenvalue weighted by atomic mass is 10.1. The fourth-order valence-electron chi connectivity index (χ4n) is 1.52. The molecule has 0 spiro atoms. The van der Waals surface area contributed by atoms with Crippen LogP contribution in [0, 0.1) is 6.92 Å². The number of carboxylic acid groups (broad SMARTS) is 1. The van der Waals surface area contributed by atoms with Gasteiger partial charge in [-0.3, -0.25) is 0 Å². The fraction of sp³-hybridized carbons (Fsp3) is 0.417. The second-order valence-corrected chi connectivity index (χ2v) is 6.58. The van der Waals surface area contributed by atoms with Gasteiger partial charge in [-0.05, 0) is 25.5 Å². The Hall–Kier alpha value is -1.27.